The van der Waals surface area contributed by atoms with Crippen LogP contribution in [0.5, 0.6) is 5.75 Å². The van der Waals surface area contributed by atoms with E-state index in [1.165, 1.54) is 38.2 Å². The fourth-order valence-corrected chi connectivity index (χ4v) is 4.73. The van der Waals surface area contributed by atoms with Crippen LogP contribution in [0.3, 0.4) is 0 Å². The van der Waals surface area contributed by atoms with Gasteiger partial charge in [0.1, 0.15) is 18.2 Å². The lowest BCUT2D eigenvalue weighted by atomic mass is 10.1. The largest absolute Gasteiger partial charge is 0.492 e. The average molecular weight is 524 g/mol. The number of rotatable bonds is 10. The molecule has 6 rings (SSSR count). The normalized spacial score (nSPS) is 13.6. The molecule has 0 unspecified atom stereocenters. The molecule has 1 saturated heterocycles. The summed E-state index contributed by atoms with van der Waals surface area (Å²) in [7, 11) is 0. The third kappa shape index (κ3) is 6.15. The third-order valence-electron chi connectivity index (χ3n) is 6.77. The quantitative estimate of drug-likeness (QED) is 0.241. The summed E-state index contributed by atoms with van der Waals surface area (Å²) in [5.74, 6) is 1.03. The van der Waals surface area contributed by atoms with E-state index in [-0.39, 0.29) is 5.82 Å². The van der Waals surface area contributed by atoms with Crippen molar-refractivity contribution in [3.8, 4) is 17.0 Å². The molecule has 2 aromatic carbocycles. The summed E-state index contributed by atoms with van der Waals surface area (Å²) in [4.78, 5) is 11.2. The Morgan fingerprint density at radius 1 is 0.897 bits per heavy atom. The fraction of sp³-hybridized carbons (Fsp3) is 0.233. The highest BCUT2D eigenvalue weighted by molar-refractivity contribution is 5.68. The molecule has 0 spiro atoms. The average Bonchev–Trinajstić information content (AvgIpc) is 3.63. The van der Waals surface area contributed by atoms with Crippen LogP contribution in [0.15, 0.2) is 85.1 Å². The van der Waals surface area contributed by atoms with Crippen molar-refractivity contribution in [2.75, 3.05) is 36.9 Å². The maximum atomic E-state index is 13.1. The Bertz CT molecular complexity index is 1530. The SMILES string of the molecule is Fc1ccc(CNc2cccc(-c3cccc4nc(Nc5ccc(OCCN6CCCC6)cc5)nn34)c2)nc1. The Morgan fingerprint density at radius 3 is 2.56 bits per heavy atom. The molecule has 3 aromatic heterocycles. The first-order chi connectivity index (χ1) is 19.2. The number of anilines is 3. The summed E-state index contributed by atoms with van der Waals surface area (Å²) in [6.45, 7) is 4.52. The number of likely N-dealkylation sites (tertiary alicyclic amines) is 1. The van der Waals surface area contributed by atoms with E-state index in [4.69, 9.17) is 9.84 Å². The summed E-state index contributed by atoms with van der Waals surface area (Å²) in [5, 5.41) is 11.4. The van der Waals surface area contributed by atoms with Crippen LogP contribution >= 0.6 is 0 Å². The maximum Gasteiger partial charge on any atom is 0.247 e. The van der Waals surface area contributed by atoms with Crippen LogP contribution in [0, 0.1) is 5.82 Å². The zero-order valence-electron chi connectivity index (χ0n) is 21.6. The highest BCUT2D eigenvalue weighted by atomic mass is 19.1. The standard InChI is InChI=1S/C30H30FN7O/c31-23-9-10-26(32-20-23)21-33-25-6-3-5-22(19-25)28-7-4-8-29-35-30(36-38(28)29)34-24-11-13-27(14-12-24)39-18-17-37-15-1-2-16-37/h3-14,19-20,33H,1-2,15-18,21H2,(H,34,36). The second-order valence-electron chi connectivity index (χ2n) is 9.57. The summed E-state index contributed by atoms with van der Waals surface area (Å²) in [5.41, 5.74) is 5.22. The van der Waals surface area contributed by atoms with Gasteiger partial charge in [0.05, 0.1) is 24.1 Å². The minimum absolute atomic E-state index is 0.343. The van der Waals surface area contributed by atoms with E-state index in [0.29, 0.717) is 19.1 Å². The summed E-state index contributed by atoms with van der Waals surface area (Å²) >= 11 is 0. The zero-order valence-corrected chi connectivity index (χ0v) is 21.6. The van der Waals surface area contributed by atoms with Gasteiger partial charge < -0.3 is 15.4 Å². The number of ether oxygens (including phenoxy) is 1. The lowest BCUT2D eigenvalue weighted by molar-refractivity contribution is 0.238. The molecule has 2 N–H and O–H groups in total. The topological polar surface area (TPSA) is 79.6 Å². The third-order valence-corrected chi connectivity index (χ3v) is 6.77. The monoisotopic (exact) mass is 523 g/mol. The van der Waals surface area contributed by atoms with E-state index in [1.54, 1.807) is 6.07 Å². The van der Waals surface area contributed by atoms with Crippen molar-refractivity contribution < 1.29 is 9.13 Å². The molecule has 1 aliphatic rings. The molecule has 0 amide bonds. The smallest absolute Gasteiger partial charge is 0.247 e. The number of halogens is 1. The molecule has 39 heavy (non-hydrogen) atoms. The molecular formula is C30H30FN7O. The van der Waals surface area contributed by atoms with Gasteiger partial charge in [-0.15, -0.1) is 5.10 Å². The van der Waals surface area contributed by atoms with Gasteiger partial charge in [-0.1, -0.05) is 18.2 Å². The predicted molar refractivity (Wildman–Crippen MR) is 151 cm³/mol. The van der Waals surface area contributed by atoms with Crippen molar-refractivity contribution in [3.05, 3.63) is 96.6 Å². The van der Waals surface area contributed by atoms with Crippen molar-refractivity contribution in [2.24, 2.45) is 0 Å². The first-order valence-electron chi connectivity index (χ1n) is 13.2. The molecule has 1 aliphatic heterocycles. The molecule has 198 valence electrons. The van der Waals surface area contributed by atoms with Crippen LogP contribution in [0.25, 0.3) is 16.9 Å². The highest BCUT2D eigenvalue weighted by Gasteiger charge is 2.12. The lowest BCUT2D eigenvalue weighted by Gasteiger charge is -2.15. The number of hydrogen-bond donors (Lipinski definition) is 2. The van der Waals surface area contributed by atoms with Gasteiger partial charge in [0.25, 0.3) is 0 Å². The number of hydrogen-bond acceptors (Lipinski definition) is 7. The Balaban J connectivity index is 1.12. The summed E-state index contributed by atoms with van der Waals surface area (Å²) < 4.78 is 20.9. The predicted octanol–water partition coefficient (Wildman–Crippen LogP) is 5.76. The lowest BCUT2D eigenvalue weighted by Crippen LogP contribution is -2.25. The Hall–Kier alpha value is -4.50. The maximum absolute atomic E-state index is 13.1. The van der Waals surface area contributed by atoms with E-state index in [1.807, 2.05) is 65.2 Å². The Morgan fingerprint density at radius 2 is 1.74 bits per heavy atom. The van der Waals surface area contributed by atoms with Crippen LogP contribution in [0.4, 0.5) is 21.7 Å². The second kappa shape index (κ2) is 11.5. The Kier molecular flexibility index (Phi) is 7.31. The minimum Gasteiger partial charge on any atom is -0.492 e. The first-order valence-corrected chi connectivity index (χ1v) is 13.2. The van der Waals surface area contributed by atoms with Crippen molar-refractivity contribution in [1.82, 2.24) is 24.5 Å². The van der Waals surface area contributed by atoms with Gasteiger partial charge in [0.2, 0.25) is 5.95 Å². The fourth-order valence-electron chi connectivity index (χ4n) is 4.73. The van der Waals surface area contributed by atoms with Crippen molar-refractivity contribution in [3.63, 3.8) is 0 Å². The molecule has 0 bridgehead atoms. The summed E-state index contributed by atoms with van der Waals surface area (Å²) in [6.07, 6.45) is 3.81. The molecule has 4 heterocycles. The van der Waals surface area contributed by atoms with Gasteiger partial charge in [0, 0.05) is 23.5 Å². The van der Waals surface area contributed by atoms with E-state index in [9.17, 15) is 4.39 Å². The molecule has 0 saturated carbocycles. The number of nitrogens with zero attached hydrogens (tertiary/aromatic N) is 5. The van der Waals surface area contributed by atoms with E-state index in [0.717, 1.165) is 46.3 Å². The second-order valence-corrected chi connectivity index (χ2v) is 9.57. The molecule has 0 radical (unpaired) electrons. The van der Waals surface area contributed by atoms with E-state index < -0.39 is 0 Å². The van der Waals surface area contributed by atoms with Gasteiger partial charge in [-0.2, -0.15) is 4.98 Å². The van der Waals surface area contributed by atoms with Gasteiger partial charge in [-0.3, -0.25) is 9.88 Å². The number of nitrogens with one attached hydrogen (secondary N) is 2. The molecule has 8 nitrogen and oxygen atoms in total. The first kappa shape index (κ1) is 24.8. The number of fused-ring (bicyclic) bond motifs is 1. The minimum atomic E-state index is -0.343. The van der Waals surface area contributed by atoms with Crippen molar-refractivity contribution >= 4 is 23.0 Å². The van der Waals surface area contributed by atoms with Crippen molar-refractivity contribution in [2.45, 2.75) is 19.4 Å². The number of benzene rings is 2. The van der Waals surface area contributed by atoms with Gasteiger partial charge in [0.15, 0.2) is 5.65 Å². The van der Waals surface area contributed by atoms with Crippen molar-refractivity contribution in [1.29, 1.82) is 0 Å². The van der Waals surface area contributed by atoms with E-state index in [2.05, 4.69) is 31.6 Å². The molecule has 0 aliphatic carbocycles. The van der Waals surface area contributed by atoms with Gasteiger partial charge in [-0.05, 0) is 86.6 Å². The number of pyridine rings is 2. The Labute approximate surface area is 226 Å². The highest BCUT2D eigenvalue weighted by Crippen LogP contribution is 2.25. The molecule has 0 atom stereocenters. The van der Waals surface area contributed by atoms with Crippen LogP contribution in [-0.2, 0) is 6.54 Å². The van der Waals surface area contributed by atoms with Crippen LogP contribution in [0.1, 0.15) is 18.5 Å². The molecule has 9 heteroatoms. The van der Waals surface area contributed by atoms with E-state index >= 15 is 0 Å². The number of aromatic nitrogens is 4. The molecule has 1 fully saturated rings. The van der Waals surface area contributed by atoms with Gasteiger partial charge in [-0.25, -0.2) is 8.91 Å². The van der Waals surface area contributed by atoms with Crippen LogP contribution in [-0.4, -0.2) is 50.7 Å². The molecule has 5 aromatic rings. The zero-order chi connectivity index (χ0) is 26.4. The van der Waals surface area contributed by atoms with Gasteiger partial charge >= 0.3 is 0 Å². The van der Waals surface area contributed by atoms with Crippen LogP contribution in [0.2, 0.25) is 0 Å². The molecular weight excluding hydrogens is 493 g/mol. The summed E-state index contributed by atoms with van der Waals surface area (Å²) in [6, 6.07) is 24.9. The van der Waals surface area contributed by atoms with Crippen LogP contribution < -0.4 is 15.4 Å².